The van der Waals surface area contributed by atoms with Crippen LogP contribution in [0.4, 0.5) is 0 Å². The van der Waals surface area contributed by atoms with E-state index in [1.165, 1.54) is 18.5 Å². The van der Waals surface area contributed by atoms with Gasteiger partial charge in [0.05, 0.1) is 11.1 Å². The Morgan fingerprint density at radius 2 is 1.69 bits per heavy atom. The largest absolute Gasteiger partial charge is 0.352 e. The summed E-state index contributed by atoms with van der Waals surface area (Å²) in [5, 5.41) is 6.74. The van der Waals surface area contributed by atoms with Gasteiger partial charge in [0.25, 0.3) is 11.8 Å². The van der Waals surface area contributed by atoms with Gasteiger partial charge in [0.1, 0.15) is 0 Å². The van der Waals surface area contributed by atoms with Crippen LogP contribution in [0.2, 0.25) is 10.0 Å². The topological polar surface area (TPSA) is 71.1 Å². The minimum atomic E-state index is -0.291. The van der Waals surface area contributed by atoms with Crippen molar-refractivity contribution in [2.24, 2.45) is 5.92 Å². The molecule has 0 fully saturated rings. The maximum atomic E-state index is 12.3. The third kappa shape index (κ3) is 6.00. The van der Waals surface area contributed by atoms with Gasteiger partial charge in [0, 0.05) is 35.5 Å². The fourth-order valence-corrected chi connectivity index (χ4v) is 2.73. The zero-order valence-electron chi connectivity index (χ0n) is 14.7. The number of amides is 2. The average Bonchev–Trinajstić information content (AvgIpc) is 2.61. The number of rotatable bonds is 7. The van der Waals surface area contributed by atoms with E-state index in [-0.39, 0.29) is 11.8 Å². The molecule has 2 rings (SSSR count). The summed E-state index contributed by atoms with van der Waals surface area (Å²) in [6.07, 6.45) is 3.45. The highest BCUT2D eigenvalue weighted by Crippen LogP contribution is 2.21. The van der Waals surface area contributed by atoms with Crippen molar-refractivity contribution in [2.45, 2.75) is 20.3 Å². The SMILES string of the molecule is CC(C)CNC(=O)c1cncc(C(=O)NCCc2ccc(Cl)cc2Cl)c1. The molecule has 0 aliphatic heterocycles. The maximum Gasteiger partial charge on any atom is 0.252 e. The van der Waals surface area contributed by atoms with Crippen molar-refractivity contribution in [3.05, 3.63) is 63.4 Å². The molecule has 1 aromatic carbocycles. The molecule has 0 spiro atoms. The second kappa shape index (κ2) is 9.55. The van der Waals surface area contributed by atoms with Gasteiger partial charge in [-0.15, -0.1) is 0 Å². The van der Waals surface area contributed by atoms with Gasteiger partial charge < -0.3 is 10.6 Å². The number of nitrogens with one attached hydrogen (secondary N) is 2. The lowest BCUT2D eigenvalue weighted by Gasteiger charge is -2.09. The van der Waals surface area contributed by atoms with Crippen LogP contribution in [0.5, 0.6) is 0 Å². The fourth-order valence-electron chi connectivity index (χ4n) is 2.22. The van der Waals surface area contributed by atoms with Gasteiger partial charge in [-0.25, -0.2) is 0 Å². The van der Waals surface area contributed by atoms with Crippen LogP contribution in [0.25, 0.3) is 0 Å². The van der Waals surface area contributed by atoms with E-state index in [2.05, 4.69) is 15.6 Å². The fraction of sp³-hybridized carbons (Fsp3) is 0.316. The summed E-state index contributed by atoms with van der Waals surface area (Å²) in [5.41, 5.74) is 1.60. The van der Waals surface area contributed by atoms with E-state index in [1.54, 1.807) is 12.1 Å². The minimum absolute atomic E-state index is 0.242. The second-order valence-electron chi connectivity index (χ2n) is 6.31. The third-order valence-electron chi connectivity index (χ3n) is 3.63. The Morgan fingerprint density at radius 1 is 1.04 bits per heavy atom. The Kier molecular flexibility index (Phi) is 7.42. The highest BCUT2D eigenvalue weighted by atomic mass is 35.5. The number of pyridine rings is 1. The van der Waals surface area contributed by atoms with Crippen LogP contribution in [-0.4, -0.2) is 29.9 Å². The zero-order chi connectivity index (χ0) is 19.1. The van der Waals surface area contributed by atoms with Crippen molar-refractivity contribution in [3.8, 4) is 0 Å². The molecule has 7 heteroatoms. The van der Waals surface area contributed by atoms with Crippen molar-refractivity contribution in [1.29, 1.82) is 0 Å². The molecule has 26 heavy (non-hydrogen) atoms. The molecule has 5 nitrogen and oxygen atoms in total. The molecule has 0 saturated heterocycles. The number of aromatic nitrogens is 1. The lowest BCUT2D eigenvalue weighted by molar-refractivity contribution is 0.0948. The molecule has 0 aliphatic rings. The number of halogens is 2. The Balaban J connectivity index is 1.93. The lowest BCUT2D eigenvalue weighted by Crippen LogP contribution is -2.29. The highest BCUT2D eigenvalue weighted by Gasteiger charge is 2.11. The van der Waals surface area contributed by atoms with Gasteiger partial charge in [0.15, 0.2) is 0 Å². The summed E-state index contributed by atoms with van der Waals surface area (Å²) in [6.45, 7) is 4.99. The third-order valence-corrected chi connectivity index (χ3v) is 4.22. The molecule has 0 bridgehead atoms. The summed E-state index contributed by atoms with van der Waals surface area (Å²) < 4.78 is 0. The Bertz CT molecular complexity index is 794. The molecule has 1 aromatic heterocycles. The summed E-state index contributed by atoms with van der Waals surface area (Å²) in [5.74, 6) is -0.187. The zero-order valence-corrected chi connectivity index (χ0v) is 16.2. The summed E-state index contributed by atoms with van der Waals surface area (Å²) >= 11 is 12.0. The van der Waals surface area contributed by atoms with Crippen molar-refractivity contribution in [1.82, 2.24) is 15.6 Å². The molecule has 2 aromatic rings. The van der Waals surface area contributed by atoms with Crippen LogP contribution in [0, 0.1) is 5.92 Å². The smallest absolute Gasteiger partial charge is 0.252 e. The molecular weight excluding hydrogens is 373 g/mol. The number of nitrogens with zero attached hydrogens (tertiary/aromatic N) is 1. The Labute approximate surface area is 163 Å². The Morgan fingerprint density at radius 3 is 2.31 bits per heavy atom. The van der Waals surface area contributed by atoms with Crippen LogP contribution in [-0.2, 0) is 6.42 Å². The van der Waals surface area contributed by atoms with E-state index in [9.17, 15) is 9.59 Å². The quantitative estimate of drug-likeness (QED) is 0.752. The van der Waals surface area contributed by atoms with Crippen molar-refractivity contribution < 1.29 is 9.59 Å². The monoisotopic (exact) mass is 393 g/mol. The summed E-state index contributed by atoms with van der Waals surface area (Å²) in [7, 11) is 0. The van der Waals surface area contributed by atoms with Gasteiger partial charge in [-0.2, -0.15) is 0 Å². The normalized spacial score (nSPS) is 10.7. The molecule has 0 unspecified atom stereocenters. The molecule has 0 aliphatic carbocycles. The van der Waals surface area contributed by atoms with Crippen molar-refractivity contribution >= 4 is 35.0 Å². The van der Waals surface area contributed by atoms with E-state index in [4.69, 9.17) is 23.2 Å². The van der Waals surface area contributed by atoms with E-state index >= 15 is 0 Å². The number of carbonyl (C=O) groups is 2. The molecule has 0 saturated carbocycles. The highest BCUT2D eigenvalue weighted by molar-refractivity contribution is 6.35. The maximum absolute atomic E-state index is 12.3. The molecule has 1 heterocycles. The molecule has 2 N–H and O–H groups in total. The first kappa shape index (κ1) is 20.2. The molecule has 138 valence electrons. The molecule has 0 atom stereocenters. The number of benzene rings is 1. The van der Waals surface area contributed by atoms with Crippen LogP contribution >= 0.6 is 23.2 Å². The van der Waals surface area contributed by atoms with Crippen LogP contribution in [0.15, 0.2) is 36.7 Å². The number of hydrogen-bond acceptors (Lipinski definition) is 3. The summed E-state index contributed by atoms with van der Waals surface area (Å²) in [6, 6.07) is 6.79. The molecule has 2 amide bonds. The average molecular weight is 394 g/mol. The first-order valence-electron chi connectivity index (χ1n) is 8.32. The molecule has 0 radical (unpaired) electrons. The van der Waals surface area contributed by atoms with Crippen molar-refractivity contribution in [2.75, 3.05) is 13.1 Å². The van der Waals surface area contributed by atoms with Crippen LogP contribution < -0.4 is 10.6 Å². The number of hydrogen-bond donors (Lipinski definition) is 2. The second-order valence-corrected chi connectivity index (χ2v) is 7.15. The van der Waals surface area contributed by atoms with E-state index in [0.29, 0.717) is 46.6 Å². The predicted octanol–water partition coefficient (Wildman–Crippen LogP) is 3.75. The van der Waals surface area contributed by atoms with Gasteiger partial charge in [0.2, 0.25) is 0 Å². The first-order valence-corrected chi connectivity index (χ1v) is 9.07. The standard InChI is InChI=1S/C19H21Cl2N3O2/c1-12(2)9-24-19(26)15-7-14(10-22-11-15)18(25)23-6-5-13-3-4-16(20)8-17(13)21/h3-4,7-8,10-12H,5-6,9H2,1-2H3,(H,23,25)(H,24,26). The van der Waals surface area contributed by atoms with Gasteiger partial charge in [-0.3, -0.25) is 14.6 Å². The minimum Gasteiger partial charge on any atom is -0.352 e. The number of carbonyl (C=O) groups excluding carboxylic acids is 2. The Hall–Kier alpha value is -2.11. The first-order chi connectivity index (χ1) is 12.4. The predicted molar refractivity (Wildman–Crippen MR) is 104 cm³/mol. The lowest BCUT2D eigenvalue weighted by atomic mass is 10.1. The van der Waals surface area contributed by atoms with Gasteiger partial charge in [-0.05, 0) is 36.1 Å². The van der Waals surface area contributed by atoms with Crippen LogP contribution in [0.1, 0.15) is 40.1 Å². The van der Waals surface area contributed by atoms with E-state index in [1.807, 2.05) is 19.9 Å². The van der Waals surface area contributed by atoms with Gasteiger partial charge in [-0.1, -0.05) is 43.1 Å². The van der Waals surface area contributed by atoms with E-state index < -0.39 is 0 Å². The van der Waals surface area contributed by atoms with Gasteiger partial charge >= 0.3 is 0 Å². The summed E-state index contributed by atoms with van der Waals surface area (Å²) in [4.78, 5) is 28.3. The van der Waals surface area contributed by atoms with Crippen molar-refractivity contribution in [3.63, 3.8) is 0 Å². The van der Waals surface area contributed by atoms with Crippen LogP contribution in [0.3, 0.4) is 0 Å². The van der Waals surface area contributed by atoms with E-state index in [0.717, 1.165) is 5.56 Å². The molecular formula is C19H21Cl2N3O2.